The Balaban J connectivity index is 2.56. The molecule has 0 heterocycles. The molecule has 3 N–H and O–H groups in total. The SMILES string of the molecule is COC(=O)C(CCCc1cc(O)cc(O)c1)C(=O)O. The lowest BCUT2D eigenvalue weighted by atomic mass is 9.99. The summed E-state index contributed by atoms with van der Waals surface area (Å²) >= 11 is 0. The number of esters is 1. The maximum absolute atomic E-state index is 11.2. The monoisotopic (exact) mass is 268 g/mol. The lowest BCUT2D eigenvalue weighted by Gasteiger charge is -2.10. The number of ether oxygens (including phenoxy) is 1. The molecule has 0 bridgehead atoms. The van der Waals surface area contributed by atoms with Crippen LogP contribution in [-0.2, 0) is 20.7 Å². The van der Waals surface area contributed by atoms with Crippen molar-refractivity contribution in [2.45, 2.75) is 19.3 Å². The van der Waals surface area contributed by atoms with E-state index >= 15 is 0 Å². The summed E-state index contributed by atoms with van der Waals surface area (Å²) in [7, 11) is 1.14. The Morgan fingerprint density at radius 2 is 1.79 bits per heavy atom. The van der Waals surface area contributed by atoms with E-state index in [4.69, 9.17) is 5.11 Å². The van der Waals surface area contributed by atoms with E-state index in [2.05, 4.69) is 4.74 Å². The molecule has 1 aromatic rings. The van der Waals surface area contributed by atoms with Gasteiger partial charge in [0.1, 0.15) is 11.5 Å². The molecule has 1 unspecified atom stereocenters. The van der Waals surface area contributed by atoms with Crippen molar-refractivity contribution in [3.8, 4) is 11.5 Å². The first-order valence-electron chi connectivity index (χ1n) is 5.76. The van der Waals surface area contributed by atoms with Gasteiger partial charge in [0, 0.05) is 6.07 Å². The topological polar surface area (TPSA) is 104 Å². The molecule has 0 aliphatic rings. The zero-order valence-corrected chi connectivity index (χ0v) is 10.5. The Morgan fingerprint density at radius 1 is 1.21 bits per heavy atom. The van der Waals surface area contributed by atoms with Crippen LogP contribution in [0.5, 0.6) is 11.5 Å². The number of hydrogen-bond donors (Lipinski definition) is 3. The average molecular weight is 268 g/mol. The van der Waals surface area contributed by atoms with E-state index < -0.39 is 17.9 Å². The second-order valence-electron chi connectivity index (χ2n) is 4.16. The van der Waals surface area contributed by atoms with Crippen molar-refractivity contribution in [2.75, 3.05) is 7.11 Å². The van der Waals surface area contributed by atoms with Gasteiger partial charge in [0.05, 0.1) is 7.11 Å². The van der Waals surface area contributed by atoms with Crippen LogP contribution in [0.1, 0.15) is 18.4 Å². The van der Waals surface area contributed by atoms with Crippen molar-refractivity contribution in [2.24, 2.45) is 5.92 Å². The molecule has 1 atom stereocenters. The van der Waals surface area contributed by atoms with E-state index in [0.717, 1.165) is 7.11 Å². The molecule has 1 aromatic carbocycles. The van der Waals surface area contributed by atoms with Crippen molar-refractivity contribution in [3.05, 3.63) is 23.8 Å². The molecule has 0 saturated heterocycles. The van der Waals surface area contributed by atoms with Gasteiger partial charge in [0.15, 0.2) is 5.92 Å². The Kier molecular flexibility index (Phi) is 5.17. The van der Waals surface area contributed by atoms with Crippen molar-refractivity contribution >= 4 is 11.9 Å². The predicted molar refractivity (Wildman–Crippen MR) is 65.9 cm³/mol. The summed E-state index contributed by atoms with van der Waals surface area (Å²) in [6, 6.07) is 4.17. The molecular formula is C13H16O6. The highest BCUT2D eigenvalue weighted by atomic mass is 16.5. The van der Waals surface area contributed by atoms with E-state index in [1.54, 1.807) is 0 Å². The normalized spacial score (nSPS) is 11.8. The van der Waals surface area contributed by atoms with Gasteiger partial charge < -0.3 is 20.1 Å². The summed E-state index contributed by atoms with van der Waals surface area (Å²) in [5, 5.41) is 27.5. The van der Waals surface area contributed by atoms with Gasteiger partial charge in [-0.15, -0.1) is 0 Å². The summed E-state index contributed by atoms with van der Waals surface area (Å²) < 4.78 is 4.41. The lowest BCUT2D eigenvalue weighted by molar-refractivity contribution is -0.157. The van der Waals surface area contributed by atoms with Crippen LogP contribution in [0.3, 0.4) is 0 Å². The zero-order chi connectivity index (χ0) is 14.4. The molecule has 6 heteroatoms. The molecule has 0 aliphatic heterocycles. The number of carboxylic acid groups (broad SMARTS) is 1. The van der Waals surface area contributed by atoms with Crippen LogP contribution in [0.4, 0.5) is 0 Å². The fourth-order valence-electron chi connectivity index (χ4n) is 1.80. The fraction of sp³-hybridized carbons (Fsp3) is 0.385. The Bertz CT molecular complexity index is 448. The Labute approximate surface area is 110 Å². The minimum Gasteiger partial charge on any atom is -0.508 e. The number of aromatic hydroxyl groups is 2. The van der Waals surface area contributed by atoms with Gasteiger partial charge in [-0.3, -0.25) is 9.59 Å². The third-order valence-corrected chi connectivity index (χ3v) is 2.70. The van der Waals surface area contributed by atoms with Crippen LogP contribution in [0.15, 0.2) is 18.2 Å². The van der Waals surface area contributed by atoms with Crippen LogP contribution >= 0.6 is 0 Å². The number of carbonyl (C=O) groups excluding carboxylic acids is 1. The predicted octanol–water partition coefficient (Wildman–Crippen LogP) is 1.29. The molecule has 0 saturated carbocycles. The number of aryl methyl sites for hydroxylation is 1. The summed E-state index contributed by atoms with van der Waals surface area (Å²) in [4.78, 5) is 22.1. The van der Waals surface area contributed by atoms with Crippen molar-refractivity contribution in [1.82, 2.24) is 0 Å². The standard InChI is InChI=1S/C13H16O6/c1-19-13(18)11(12(16)17)4-2-3-8-5-9(14)7-10(15)6-8/h5-7,11,14-15H,2-4H2,1H3,(H,16,17). The van der Waals surface area contributed by atoms with Crippen LogP contribution in [0, 0.1) is 5.92 Å². The molecule has 0 aliphatic carbocycles. The lowest BCUT2D eigenvalue weighted by Crippen LogP contribution is -2.25. The number of rotatable bonds is 6. The molecule has 1 rings (SSSR count). The van der Waals surface area contributed by atoms with E-state index in [1.165, 1.54) is 18.2 Å². The second-order valence-corrected chi connectivity index (χ2v) is 4.16. The number of phenols is 2. The third-order valence-electron chi connectivity index (χ3n) is 2.70. The number of carboxylic acids is 1. The number of methoxy groups -OCH3 is 1. The van der Waals surface area contributed by atoms with E-state index in [-0.39, 0.29) is 17.9 Å². The van der Waals surface area contributed by atoms with Gasteiger partial charge >= 0.3 is 11.9 Å². The molecule has 0 spiro atoms. The number of aliphatic carboxylic acids is 1. The number of phenolic OH excluding ortho intramolecular Hbond substituents is 2. The summed E-state index contributed by atoms with van der Waals surface area (Å²) in [5.41, 5.74) is 0.673. The number of carbonyl (C=O) groups is 2. The molecule has 6 nitrogen and oxygen atoms in total. The molecular weight excluding hydrogens is 252 g/mol. The van der Waals surface area contributed by atoms with Gasteiger partial charge in [-0.05, 0) is 37.0 Å². The first kappa shape index (κ1) is 14.8. The first-order valence-corrected chi connectivity index (χ1v) is 5.76. The smallest absolute Gasteiger partial charge is 0.320 e. The van der Waals surface area contributed by atoms with E-state index in [0.29, 0.717) is 18.4 Å². The highest BCUT2D eigenvalue weighted by Crippen LogP contribution is 2.22. The minimum atomic E-state index is -1.22. The quantitative estimate of drug-likeness (QED) is 0.530. The number of hydrogen-bond acceptors (Lipinski definition) is 5. The first-order chi connectivity index (χ1) is 8.93. The van der Waals surface area contributed by atoms with Gasteiger partial charge in [0.25, 0.3) is 0 Å². The Morgan fingerprint density at radius 3 is 2.26 bits per heavy atom. The summed E-state index contributed by atoms with van der Waals surface area (Å²) in [5.74, 6) is -3.29. The summed E-state index contributed by atoms with van der Waals surface area (Å²) in [6.07, 6.45) is 1.01. The minimum absolute atomic E-state index is 0.0576. The van der Waals surface area contributed by atoms with E-state index in [9.17, 15) is 19.8 Å². The van der Waals surface area contributed by atoms with Gasteiger partial charge in [0.2, 0.25) is 0 Å². The second kappa shape index (κ2) is 6.63. The van der Waals surface area contributed by atoms with Crippen LogP contribution in [-0.4, -0.2) is 34.4 Å². The highest BCUT2D eigenvalue weighted by molar-refractivity contribution is 5.93. The fourth-order valence-corrected chi connectivity index (χ4v) is 1.80. The molecule has 0 fully saturated rings. The third kappa shape index (κ3) is 4.50. The van der Waals surface area contributed by atoms with Gasteiger partial charge in [-0.1, -0.05) is 0 Å². The van der Waals surface area contributed by atoms with Crippen molar-refractivity contribution < 1.29 is 29.6 Å². The molecule has 104 valence electrons. The maximum Gasteiger partial charge on any atom is 0.320 e. The molecule has 0 aromatic heterocycles. The van der Waals surface area contributed by atoms with Crippen LogP contribution in [0.2, 0.25) is 0 Å². The van der Waals surface area contributed by atoms with Gasteiger partial charge in [-0.25, -0.2) is 0 Å². The summed E-state index contributed by atoms with van der Waals surface area (Å²) in [6.45, 7) is 0. The van der Waals surface area contributed by atoms with Crippen LogP contribution < -0.4 is 0 Å². The largest absolute Gasteiger partial charge is 0.508 e. The van der Waals surface area contributed by atoms with Crippen LogP contribution in [0.25, 0.3) is 0 Å². The number of benzene rings is 1. The molecule has 0 radical (unpaired) electrons. The molecule has 19 heavy (non-hydrogen) atoms. The maximum atomic E-state index is 11.2. The highest BCUT2D eigenvalue weighted by Gasteiger charge is 2.26. The Hall–Kier alpha value is -2.24. The average Bonchev–Trinajstić information content (AvgIpc) is 2.32. The van der Waals surface area contributed by atoms with Gasteiger partial charge in [-0.2, -0.15) is 0 Å². The van der Waals surface area contributed by atoms with Crippen molar-refractivity contribution in [3.63, 3.8) is 0 Å². The van der Waals surface area contributed by atoms with Crippen molar-refractivity contribution in [1.29, 1.82) is 0 Å². The molecule has 0 amide bonds. The zero-order valence-electron chi connectivity index (χ0n) is 10.5. The van der Waals surface area contributed by atoms with E-state index in [1.807, 2.05) is 0 Å².